The Hall–Kier alpha value is -0.350. The third kappa shape index (κ3) is 3.85. The Morgan fingerprint density at radius 3 is 2.65 bits per heavy atom. The molecule has 0 bridgehead atoms. The van der Waals surface area contributed by atoms with E-state index in [1.165, 1.54) is 0 Å². The van der Waals surface area contributed by atoms with Gasteiger partial charge in [0.15, 0.2) is 4.34 Å². The van der Waals surface area contributed by atoms with Crippen molar-refractivity contribution < 1.29 is 13.3 Å². The van der Waals surface area contributed by atoms with Gasteiger partial charge in [-0.25, -0.2) is 13.1 Å². The van der Waals surface area contributed by atoms with Gasteiger partial charge < -0.3 is 0 Å². The maximum atomic E-state index is 12.1. The van der Waals surface area contributed by atoms with E-state index in [0.717, 1.165) is 30.4 Å². The highest BCUT2D eigenvalue weighted by Crippen LogP contribution is 2.36. The van der Waals surface area contributed by atoms with Crippen LogP contribution in [0.1, 0.15) is 12.8 Å². The van der Waals surface area contributed by atoms with Crippen LogP contribution in [-0.4, -0.2) is 31.4 Å². The maximum Gasteiger partial charge on any atom is 0.300 e. The molecule has 0 radical (unpaired) electrons. The van der Waals surface area contributed by atoms with E-state index in [2.05, 4.69) is 4.72 Å². The highest BCUT2D eigenvalue weighted by molar-refractivity contribution is 7.99. The van der Waals surface area contributed by atoms with Crippen molar-refractivity contribution in [1.29, 1.82) is 0 Å². The fourth-order valence-corrected chi connectivity index (χ4v) is 5.87. The third-order valence-electron chi connectivity index (χ3n) is 3.01. The van der Waals surface area contributed by atoms with E-state index in [1.54, 1.807) is 0 Å². The summed E-state index contributed by atoms with van der Waals surface area (Å²) >= 11 is 8.25. The predicted molar refractivity (Wildman–Crippen MR) is 81.2 cm³/mol. The van der Waals surface area contributed by atoms with E-state index in [0.29, 0.717) is 23.8 Å². The Balaban J connectivity index is 2.06. The third-order valence-corrected chi connectivity index (χ3v) is 7.29. The van der Waals surface area contributed by atoms with Crippen LogP contribution < -0.4 is 4.72 Å². The molecule has 1 N–H and O–H groups in total. The molecule has 2 rings (SSSR count). The molecule has 0 saturated carbocycles. The zero-order valence-electron chi connectivity index (χ0n) is 10.4. The molecular weight excluding hydrogens is 344 g/mol. The lowest BCUT2D eigenvalue weighted by atomic mass is 10.0. The smallest absolute Gasteiger partial charge is 0.258 e. The molecule has 112 valence electrons. The number of sulfonamides is 1. The van der Waals surface area contributed by atoms with Crippen molar-refractivity contribution in [3.63, 3.8) is 0 Å². The van der Waals surface area contributed by atoms with Crippen molar-refractivity contribution in [3.05, 3.63) is 20.5 Å². The number of nitrogens with zero attached hydrogens (tertiary/aromatic N) is 1. The fraction of sp³-hybridized carbons (Fsp3) is 0.600. The van der Waals surface area contributed by atoms with E-state index in [4.69, 9.17) is 11.6 Å². The van der Waals surface area contributed by atoms with Crippen LogP contribution in [0.3, 0.4) is 0 Å². The Labute approximate surface area is 130 Å². The van der Waals surface area contributed by atoms with Crippen LogP contribution in [0, 0.1) is 16.0 Å². The predicted octanol–water partition coefficient (Wildman–Crippen LogP) is 2.73. The summed E-state index contributed by atoms with van der Waals surface area (Å²) in [7, 11) is -3.72. The Kier molecular flexibility index (Phi) is 5.30. The molecule has 6 nitrogen and oxygen atoms in total. The first kappa shape index (κ1) is 16.0. The van der Waals surface area contributed by atoms with E-state index in [-0.39, 0.29) is 14.2 Å². The van der Waals surface area contributed by atoms with Crippen molar-refractivity contribution in [2.75, 3.05) is 18.1 Å². The first-order valence-corrected chi connectivity index (χ1v) is 9.74. The molecule has 0 spiro atoms. The lowest BCUT2D eigenvalue weighted by Gasteiger charge is -2.21. The molecule has 2 heterocycles. The molecule has 0 atom stereocenters. The molecule has 1 saturated heterocycles. The average molecular weight is 357 g/mol. The summed E-state index contributed by atoms with van der Waals surface area (Å²) in [6, 6.07) is 1.01. The standard InChI is InChI=1S/C10H13ClN2O4S3/c11-10-8(13(14)15)5-9(19-10)20(16,17)12-6-7-1-3-18-4-2-7/h5,7,12H,1-4,6H2. The first-order valence-electron chi connectivity index (χ1n) is 5.91. The highest BCUT2D eigenvalue weighted by Gasteiger charge is 2.26. The van der Waals surface area contributed by atoms with Crippen molar-refractivity contribution in [3.8, 4) is 0 Å². The summed E-state index contributed by atoms with van der Waals surface area (Å²) in [5.74, 6) is 2.42. The van der Waals surface area contributed by atoms with Crippen LogP contribution in [0.5, 0.6) is 0 Å². The van der Waals surface area contributed by atoms with Gasteiger partial charge in [-0.3, -0.25) is 10.1 Å². The maximum absolute atomic E-state index is 12.1. The van der Waals surface area contributed by atoms with Crippen LogP contribution in [0.25, 0.3) is 0 Å². The number of halogens is 1. The van der Waals surface area contributed by atoms with E-state index >= 15 is 0 Å². The van der Waals surface area contributed by atoms with Crippen LogP contribution in [-0.2, 0) is 10.0 Å². The number of thioether (sulfide) groups is 1. The molecule has 10 heteroatoms. The summed E-state index contributed by atoms with van der Waals surface area (Å²) in [5.41, 5.74) is -0.369. The highest BCUT2D eigenvalue weighted by atomic mass is 35.5. The van der Waals surface area contributed by atoms with E-state index < -0.39 is 14.9 Å². The number of hydrogen-bond donors (Lipinski definition) is 1. The number of thiophene rings is 1. The van der Waals surface area contributed by atoms with Gasteiger partial charge in [0.2, 0.25) is 10.0 Å². The molecule has 0 aliphatic carbocycles. The minimum atomic E-state index is -3.72. The molecule has 1 aromatic heterocycles. The molecule has 0 amide bonds. The summed E-state index contributed by atoms with van der Waals surface area (Å²) in [5, 5.41) is 10.7. The SMILES string of the molecule is O=[N+]([O-])c1cc(S(=O)(=O)NCC2CCSCC2)sc1Cl. The number of nitro groups is 1. The number of hydrogen-bond acceptors (Lipinski definition) is 6. The van der Waals surface area contributed by atoms with Gasteiger partial charge in [0.1, 0.15) is 4.21 Å². The van der Waals surface area contributed by atoms with Crippen LogP contribution in [0.15, 0.2) is 10.3 Å². The monoisotopic (exact) mass is 356 g/mol. The number of nitrogens with one attached hydrogen (secondary N) is 1. The zero-order valence-corrected chi connectivity index (χ0v) is 13.6. The second-order valence-electron chi connectivity index (χ2n) is 4.39. The van der Waals surface area contributed by atoms with Gasteiger partial charge in [0.25, 0.3) is 5.69 Å². The average Bonchev–Trinajstić information content (AvgIpc) is 2.81. The molecule has 20 heavy (non-hydrogen) atoms. The lowest BCUT2D eigenvalue weighted by molar-refractivity contribution is -0.384. The van der Waals surface area contributed by atoms with Gasteiger partial charge in [-0.1, -0.05) is 11.6 Å². The van der Waals surface area contributed by atoms with Gasteiger partial charge in [-0.05, 0) is 30.3 Å². The normalized spacial score (nSPS) is 17.2. The van der Waals surface area contributed by atoms with Gasteiger partial charge in [-0.2, -0.15) is 11.8 Å². The van der Waals surface area contributed by atoms with E-state index in [1.807, 2.05) is 11.8 Å². The topological polar surface area (TPSA) is 89.3 Å². The molecular formula is C10H13ClN2O4S3. The van der Waals surface area contributed by atoms with Gasteiger partial charge in [0.05, 0.1) is 4.92 Å². The molecule has 0 unspecified atom stereocenters. The van der Waals surface area contributed by atoms with Crippen LogP contribution >= 0.6 is 34.7 Å². The van der Waals surface area contributed by atoms with Gasteiger partial charge >= 0.3 is 0 Å². The van der Waals surface area contributed by atoms with Crippen molar-refractivity contribution in [2.24, 2.45) is 5.92 Å². The fourth-order valence-electron chi connectivity index (χ4n) is 1.84. The largest absolute Gasteiger partial charge is 0.300 e. The quantitative estimate of drug-likeness (QED) is 0.647. The molecule has 0 aromatic carbocycles. The Bertz CT molecular complexity index is 596. The Morgan fingerprint density at radius 1 is 1.45 bits per heavy atom. The summed E-state index contributed by atoms with van der Waals surface area (Å²) < 4.78 is 26.4. The minimum Gasteiger partial charge on any atom is -0.258 e. The lowest BCUT2D eigenvalue weighted by Crippen LogP contribution is -2.30. The zero-order chi connectivity index (χ0) is 14.8. The van der Waals surface area contributed by atoms with Crippen molar-refractivity contribution in [2.45, 2.75) is 17.1 Å². The van der Waals surface area contributed by atoms with Crippen LogP contribution in [0.4, 0.5) is 5.69 Å². The summed E-state index contributed by atoms with van der Waals surface area (Å²) in [4.78, 5) is 9.99. The second kappa shape index (κ2) is 6.61. The molecule has 1 fully saturated rings. The first-order chi connectivity index (χ1) is 9.40. The second-order valence-corrected chi connectivity index (χ2v) is 9.26. The van der Waals surface area contributed by atoms with Gasteiger partial charge in [0, 0.05) is 12.6 Å². The number of rotatable bonds is 5. The summed E-state index contributed by atoms with van der Waals surface area (Å²) in [6.45, 7) is 0.367. The van der Waals surface area contributed by atoms with Crippen LogP contribution in [0.2, 0.25) is 4.34 Å². The molecule has 1 aromatic rings. The van der Waals surface area contributed by atoms with Gasteiger partial charge in [-0.15, -0.1) is 11.3 Å². The van der Waals surface area contributed by atoms with Crippen molar-refractivity contribution in [1.82, 2.24) is 4.72 Å². The minimum absolute atomic E-state index is 0.112. The van der Waals surface area contributed by atoms with Crippen molar-refractivity contribution >= 4 is 50.4 Å². The molecule has 1 aliphatic rings. The molecule has 1 aliphatic heterocycles. The van der Waals surface area contributed by atoms with E-state index in [9.17, 15) is 18.5 Å². The summed E-state index contributed by atoms with van der Waals surface area (Å²) in [6.07, 6.45) is 1.97. The Morgan fingerprint density at radius 2 is 2.10 bits per heavy atom.